The second kappa shape index (κ2) is 11.6. The molecule has 2 atom stereocenters. The van der Waals surface area contributed by atoms with Crippen LogP contribution >= 0.6 is 0 Å². The topological polar surface area (TPSA) is 73.3 Å². The molecule has 3 aromatic rings. The van der Waals surface area contributed by atoms with Crippen molar-refractivity contribution < 1.29 is 19.4 Å². The van der Waals surface area contributed by atoms with Gasteiger partial charge in [0.2, 0.25) is 5.91 Å². The Morgan fingerprint density at radius 1 is 0.784 bits per heavy atom. The Morgan fingerprint density at radius 3 is 1.95 bits per heavy atom. The summed E-state index contributed by atoms with van der Waals surface area (Å²) in [5.74, 6) is -0.0363. The first-order chi connectivity index (χ1) is 18.1. The molecule has 5 rings (SSSR count). The molecule has 2 amide bonds. The fraction of sp³-hybridized carbons (Fsp3) is 0.333. The van der Waals surface area contributed by atoms with Crippen molar-refractivity contribution in [3.05, 3.63) is 108 Å². The smallest absolute Gasteiger partial charge is 0.407 e. The van der Waals surface area contributed by atoms with E-state index in [9.17, 15) is 14.7 Å². The Balaban J connectivity index is 1.33. The van der Waals surface area contributed by atoms with Gasteiger partial charge in [0, 0.05) is 50.7 Å². The summed E-state index contributed by atoms with van der Waals surface area (Å²) in [6, 6.07) is 30.3. The number of carboxylic acid groups (broad SMARTS) is 1. The van der Waals surface area contributed by atoms with Crippen LogP contribution in [0.1, 0.15) is 22.6 Å². The second-order valence-corrected chi connectivity index (χ2v) is 9.76. The van der Waals surface area contributed by atoms with Crippen molar-refractivity contribution in [3.8, 4) is 0 Å². The molecule has 0 bridgehead atoms. The molecule has 0 radical (unpaired) electrons. The van der Waals surface area contributed by atoms with E-state index in [1.165, 1.54) is 4.90 Å². The van der Waals surface area contributed by atoms with E-state index in [4.69, 9.17) is 4.74 Å². The molecule has 2 saturated heterocycles. The van der Waals surface area contributed by atoms with Crippen molar-refractivity contribution in [1.82, 2.24) is 14.7 Å². The predicted octanol–water partition coefficient (Wildman–Crippen LogP) is 3.91. The number of piperazine rings is 2. The molecule has 7 heteroatoms. The van der Waals surface area contributed by atoms with Gasteiger partial charge in [0.1, 0.15) is 6.61 Å². The Hall–Kier alpha value is -3.68. The van der Waals surface area contributed by atoms with Gasteiger partial charge < -0.3 is 19.6 Å². The minimum Gasteiger partial charge on any atom is -0.465 e. The van der Waals surface area contributed by atoms with E-state index in [1.807, 2.05) is 71.6 Å². The molecule has 1 N–H and O–H groups in total. The fourth-order valence-corrected chi connectivity index (χ4v) is 5.69. The van der Waals surface area contributed by atoms with Crippen LogP contribution in [0.2, 0.25) is 0 Å². The molecule has 0 saturated carbocycles. The van der Waals surface area contributed by atoms with Gasteiger partial charge >= 0.3 is 6.09 Å². The van der Waals surface area contributed by atoms with Crippen molar-refractivity contribution in [1.29, 1.82) is 0 Å². The van der Waals surface area contributed by atoms with Gasteiger partial charge in [0.25, 0.3) is 0 Å². The summed E-state index contributed by atoms with van der Waals surface area (Å²) in [6.45, 7) is 3.01. The minimum absolute atomic E-state index is 0.0171. The van der Waals surface area contributed by atoms with Crippen LogP contribution < -0.4 is 0 Å². The van der Waals surface area contributed by atoms with Crippen LogP contribution in [0.3, 0.4) is 0 Å². The number of amides is 2. The summed E-state index contributed by atoms with van der Waals surface area (Å²) < 4.78 is 5.70. The molecule has 0 unspecified atom stereocenters. The van der Waals surface area contributed by atoms with Crippen LogP contribution in [-0.4, -0.2) is 83.2 Å². The molecule has 37 heavy (non-hydrogen) atoms. The highest BCUT2D eigenvalue weighted by Gasteiger charge is 2.44. The number of hydrogen-bond donors (Lipinski definition) is 1. The van der Waals surface area contributed by atoms with Crippen molar-refractivity contribution in [3.63, 3.8) is 0 Å². The Bertz CT molecular complexity index is 1140. The summed E-state index contributed by atoms with van der Waals surface area (Å²) in [5.41, 5.74) is 3.36. The lowest BCUT2D eigenvalue weighted by molar-refractivity contribution is -0.141. The Morgan fingerprint density at radius 2 is 1.35 bits per heavy atom. The fourth-order valence-electron chi connectivity index (χ4n) is 5.69. The van der Waals surface area contributed by atoms with Crippen molar-refractivity contribution in [2.24, 2.45) is 0 Å². The molecule has 2 aliphatic rings. The van der Waals surface area contributed by atoms with Gasteiger partial charge in [-0.05, 0) is 16.7 Å². The Labute approximate surface area is 217 Å². The lowest BCUT2D eigenvalue weighted by Crippen LogP contribution is -2.68. The molecule has 2 fully saturated rings. The molecule has 0 aliphatic carbocycles. The highest BCUT2D eigenvalue weighted by Crippen LogP contribution is 2.35. The van der Waals surface area contributed by atoms with Gasteiger partial charge in [-0.3, -0.25) is 9.69 Å². The largest absolute Gasteiger partial charge is 0.465 e. The average molecular weight is 500 g/mol. The third-order valence-corrected chi connectivity index (χ3v) is 7.46. The molecule has 192 valence electrons. The summed E-state index contributed by atoms with van der Waals surface area (Å²) in [6.07, 6.45) is -0.917. The number of carbonyl (C=O) groups excluding carboxylic acids is 1. The molecular weight excluding hydrogens is 466 g/mol. The maximum Gasteiger partial charge on any atom is 0.407 e. The summed E-state index contributed by atoms with van der Waals surface area (Å²) in [5, 5.41) is 9.98. The van der Waals surface area contributed by atoms with E-state index in [1.54, 1.807) is 0 Å². The number of hydrogen-bond acceptors (Lipinski definition) is 4. The predicted molar refractivity (Wildman–Crippen MR) is 141 cm³/mol. The number of fused-ring (bicyclic) bond motifs is 1. The number of benzene rings is 3. The van der Waals surface area contributed by atoms with Gasteiger partial charge in [-0.2, -0.15) is 0 Å². The first kappa shape index (κ1) is 25.0. The van der Waals surface area contributed by atoms with Gasteiger partial charge in [0.15, 0.2) is 0 Å². The molecule has 2 heterocycles. The van der Waals surface area contributed by atoms with E-state index in [0.29, 0.717) is 39.3 Å². The highest BCUT2D eigenvalue weighted by atomic mass is 16.5. The number of rotatable bonds is 7. The standard InChI is InChI=1S/C30H33N3O4/c34-28(22-37-21-23-10-4-1-5-11-23)31-16-17-33-26(18-31)19-32(30(35)36)20-27(33)29(24-12-6-2-7-13-24)25-14-8-3-9-15-25/h1-15,26-27,29H,16-22H2,(H,35,36)/t26-,27-/m0/s1. The maximum atomic E-state index is 13.0. The third-order valence-electron chi connectivity index (χ3n) is 7.46. The van der Waals surface area contributed by atoms with E-state index in [2.05, 4.69) is 29.2 Å². The SMILES string of the molecule is O=C(O)N1C[C@@H]2CN(C(=O)COCc3ccccc3)CCN2[C@H](C(c2ccccc2)c2ccccc2)C1. The zero-order chi connectivity index (χ0) is 25.6. The molecule has 3 aromatic carbocycles. The lowest BCUT2D eigenvalue weighted by atomic mass is 9.82. The molecular formula is C30H33N3O4. The number of nitrogens with zero attached hydrogens (tertiary/aromatic N) is 3. The van der Waals surface area contributed by atoms with E-state index < -0.39 is 6.09 Å². The summed E-state index contributed by atoms with van der Waals surface area (Å²) in [4.78, 5) is 30.9. The van der Waals surface area contributed by atoms with Crippen LogP contribution in [0, 0.1) is 0 Å². The molecule has 2 aliphatic heterocycles. The van der Waals surface area contributed by atoms with E-state index in [-0.39, 0.29) is 30.5 Å². The average Bonchev–Trinajstić information content (AvgIpc) is 2.94. The van der Waals surface area contributed by atoms with Crippen molar-refractivity contribution >= 4 is 12.0 Å². The van der Waals surface area contributed by atoms with Crippen LogP contribution in [0.5, 0.6) is 0 Å². The van der Waals surface area contributed by atoms with Crippen LogP contribution in [-0.2, 0) is 16.1 Å². The van der Waals surface area contributed by atoms with E-state index >= 15 is 0 Å². The first-order valence-electron chi connectivity index (χ1n) is 12.8. The summed E-state index contributed by atoms with van der Waals surface area (Å²) in [7, 11) is 0. The zero-order valence-electron chi connectivity index (χ0n) is 20.9. The number of carbonyl (C=O) groups is 2. The highest BCUT2D eigenvalue weighted by molar-refractivity contribution is 5.77. The lowest BCUT2D eigenvalue weighted by Gasteiger charge is -2.52. The molecule has 0 aromatic heterocycles. The van der Waals surface area contributed by atoms with Gasteiger partial charge in [-0.25, -0.2) is 4.79 Å². The number of ether oxygens (including phenoxy) is 1. The minimum atomic E-state index is -0.917. The van der Waals surface area contributed by atoms with Crippen LogP contribution in [0.25, 0.3) is 0 Å². The maximum absolute atomic E-state index is 13.0. The third kappa shape index (κ3) is 5.84. The van der Waals surface area contributed by atoms with Crippen LogP contribution in [0.15, 0.2) is 91.0 Å². The molecule has 7 nitrogen and oxygen atoms in total. The van der Waals surface area contributed by atoms with Gasteiger partial charge in [0.05, 0.1) is 6.61 Å². The summed E-state index contributed by atoms with van der Waals surface area (Å²) >= 11 is 0. The zero-order valence-corrected chi connectivity index (χ0v) is 20.9. The molecule has 0 spiro atoms. The van der Waals surface area contributed by atoms with Crippen molar-refractivity contribution in [2.45, 2.75) is 24.6 Å². The second-order valence-electron chi connectivity index (χ2n) is 9.76. The Kier molecular flexibility index (Phi) is 7.82. The van der Waals surface area contributed by atoms with Crippen molar-refractivity contribution in [2.75, 3.05) is 39.3 Å². The quantitative estimate of drug-likeness (QED) is 0.534. The first-order valence-corrected chi connectivity index (χ1v) is 12.8. The van der Waals surface area contributed by atoms with E-state index in [0.717, 1.165) is 16.7 Å². The van der Waals surface area contributed by atoms with Gasteiger partial charge in [-0.1, -0.05) is 91.0 Å². The normalized spacial score (nSPS) is 20.0. The monoisotopic (exact) mass is 499 g/mol. The van der Waals surface area contributed by atoms with Crippen LogP contribution in [0.4, 0.5) is 4.79 Å². The van der Waals surface area contributed by atoms with Gasteiger partial charge in [-0.15, -0.1) is 0 Å².